The zero-order chi connectivity index (χ0) is 19.1. The quantitative estimate of drug-likeness (QED) is 0.686. The number of imidazole rings is 1. The largest absolute Gasteiger partial charge is 0.481 e. The minimum absolute atomic E-state index is 0.0673. The topological polar surface area (TPSA) is 144 Å². The fraction of sp³-hybridized carbons (Fsp3) is 0.235. The van der Waals surface area contributed by atoms with Gasteiger partial charge in [-0.2, -0.15) is 0 Å². The van der Waals surface area contributed by atoms with Crippen LogP contribution in [0.1, 0.15) is 27.4 Å². The molecule has 1 unspecified atom stereocenters. The summed E-state index contributed by atoms with van der Waals surface area (Å²) < 4.78 is 6.72. The van der Waals surface area contributed by atoms with Crippen molar-refractivity contribution in [2.45, 2.75) is 6.42 Å². The molecule has 10 heteroatoms. The normalized spacial score (nSPS) is 16.7. The number of carbonyl (C=O) groups excluding carboxylic acids is 2. The molecule has 10 nitrogen and oxygen atoms in total. The summed E-state index contributed by atoms with van der Waals surface area (Å²) in [4.78, 5) is 45.6. The van der Waals surface area contributed by atoms with Crippen LogP contribution in [0, 0.1) is 5.92 Å². The standard InChI is InChI=1S/C17H15N5O5/c18-14(23)13-15-20-10(12-2-1-5-27-12)6-11(22(15)8-19-13)16(24)21-4-3-9(7-21)17(25)26/h1-2,5-6,8-9H,3-4,7H2,(H2,18,23)(H,25,26). The van der Waals surface area contributed by atoms with E-state index in [0.29, 0.717) is 24.4 Å². The molecular weight excluding hydrogens is 354 g/mol. The van der Waals surface area contributed by atoms with E-state index in [1.807, 2.05) is 0 Å². The predicted octanol–water partition coefficient (Wildman–Crippen LogP) is 0.635. The molecule has 0 radical (unpaired) electrons. The molecule has 3 aromatic rings. The number of nitrogens with zero attached hydrogens (tertiary/aromatic N) is 4. The Bertz CT molecular complexity index is 1060. The summed E-state index contributed by atoms with van der Waals surface area (Å²) >= 11 is 0. The monoisotopic (exact) mass is 369 g/mol. The molecule has 0 aliphatic carbocycles. The lowest BCUT2D eigenvalue weighted by atomic mass is 10.1. The molecule has 3 aromatic heterocycles. The summed E-state index contributed by atoms with van der Waals surface area (Å²) in [5.74, 6) is -2.27. The number of primary amides is 1. The second kappa shape index (κ2) is 6.24. The highest BCUT2D eigenvalue weighted by Crippen LogP contribution is 2.24. The number of furan rings is 1. The van der Waals surface area contributed by atoms with Crippen molar-refractivity contribution in [1.29, 1.82) is 0 Å². The molecule has 138 valence electrons. The van der Waals surface area contributed by atoms with Gasteiger partial charge < -0.3 is 20.2 Å². The first kappa shape index (κ1) is 16.8. The average molecular weight is 369 g/mol. The number of rotatable bonds is 4. The number of carboxylic acids is 1. The van der Waals surface area contributed by atoms with Gasteiger partial charge in [0.1, 0.15) is 17.7 Å². The van der Waals surface area contributed by atoms with E-state index in [4.69, 9.17) is 15.3 Å². The van der Waals surface area contributed by atoms with Crippen LogP contribution in [0.2, 0.25) is 0 Å². The van der Waals surface area contributed by atoms with E-state index in [0.717, 1.165) is 0 Å². The summed E-state index contributed by atoms with van der Waals surface area (Å²) in [5, 5.41) is 9.16. The summed E-state index contributed by atoms with van der Waals surface area (Å²) in [7, 11) is 0. The minimum atomic E-state index is -0.930. The van der Waals surface area contributed by atoms with Crippen LogP contribution in [0.4, 0.5) is 0 Å². The molecular formula is C17H15N5O5. The van der Waals surface area contributed by atoms with Gasteiger partial charge >= 0.3 is 5.97 Å². The van der Waals surface area contributed by atoms with Gasteiger partial charge in [-0.05, 0) is 24.6 Å². The SMILES string of the molecule is NC(=O)c1ncn2c(C(=O)N3CCC(C(=O)O)C3)cc(-c3ccco3)nc12. The lowest BCUT2D eigenvalue weighted by molar-refractivity contribution is -0.141. The van der Waals surface area contributed by atoms with Crippen molar-refractivity contribution in [3.8, 4) is 11.5 Å². The Balaban J connectivity index is 1.83. The zero-order valence-corrected chi connectivity index (χ0v) is 14.0. The van der Waals surface area contributed by atoms with Crippen molar-refractivity contribution in [1.82, 2.24) is 19.3 Å². The van der Waals surface area contributed by atoms with Gasteiger partial charge in [-0.15, -0.1) is 0 Å². The minimum Gasteiger partial charge on any atom is -0.481 e. The molecule has 0 saturated carbocycles. The Morgan fingerprint density at radius 2 is 2.15 bits per heavy atom. The van der Waals surface area contributed by atoms with Crippen LogP contribution in [0.25, 0.3) is 17.1 Å². The zero-order valence-electron chi connectivity index (χ0n) is 14.0. The van der Waals surface area contributed by atoms with E-state index in [1.165, 1.54) is 28.0 Å². The number of hydrogen-bond donors (Lipinski definition) is 2. The lowest BCUT2D eigenvalue weighted by Gasteiger charge is -2.17. The van der Waals surface area contributed by atoms with Gasteiger partial charge in [0.05, 0.1) is 12.2 Å². The van der Waals surface area contributed by atoms with Crippen molar-refractivity contribution in [3.05, 3.63) is 42.2 Å². The summed E-state index contributed by atoms with van der Waals surface area (Å²) in [6.07, 6.45) is 3.15. The van der Waals surface area contributed by atoms with Crippen LogP contribution in [0.15, 0.2) is 35.2 Å². The van der Waals surface area contributed by atoms with Gasteiger partial charge in [-0.3, -0.25) is 18.8 Å². The van der Waals surface area contributed by atoms with Crippen LogP contribution < -0.4 is 5.73 Å². The van der Waals surface area contributed by atoms with Gasteiger partial charge in [0.15, 0.2) is 17.1 Å². The molecule has 4 rings (SSSR count). The Morgan fingerprint density at radius 3 is 2.78 bits per heavy atom. The van der Waals surface area contributed by atoms with E-state index < -0.39 is 17.8 Å². The maximum atomic E-state index is 13.0. The Morgan fingerprint density at radius 1 is 1.33 bits per heavy atom. The predicted molar refractivity (Wildman–Crippen MR) is 90.9 cm³/mol. The summed E-state index contributed by atoms with van der Waals surface area (Å²) in [5.41, 5.74) is 5.95. The molecule has 3 N–H and O–H groups in total. The van der Waals surface area contributed by atoms with Gasteiger partial charge in [0, 0.05) is 13.1 Å². The fourth-order valence-corrected chi connectivity index (χ4v) is 3.17. The number of nitrogens with two attached hydrogens (primary N) is 1. The van der Waals surface area contributed by atoms with Gasteiger partial charge in [-0.1, -0.05) is 0 Å². The van der Waals surface area contributed by atoms with Crippen LogP contribution in [-0.2, 0) is 4.79 Å². The fourth-order valence-electron chi connectivity index (χ4n) is 3.17. The van der Waals surface area contributed by atoms with Crippen LogP contribution in [0.5, 0.6) is 0 Å². The number of likely N-dealkylation sites (tertiary alicyclic amines) is 1. The highest BCUT2D eigenvalue weighted by molar-refractivity contribution is 5.99. The number of aliphatic carboxylic acids is 1. The van der Waals surface area contributed by atoms with E-state index >= 15 is 0 Å². The number of aromatic nitrogens is 3. The molecule has 27 heavy (non-hydrogen) atoms. The lowest BCUT2D eigenvalue weighted by Crippen LogP contribution is -2.31. The molecule has 1 aliphatic heterocycles. The molecule has 1 fully saturated rings. The Kier molecular flexibility index (Phi) is 3.87. The number of carboxylic acid groups (broad SMARTS) is 1. The van der Waals surface area contributed by atoms with Crippen LogP contribution in [-0.4, -0.2) is 55.2 Å². The first-order valence-corrected chi connectivity index (χ1v) is 8.19. The smallest absolute Gasteiger partial charge is 0.308 e. The van der Waals surface area contributed by atoms with E-state index in [2.05, 4.69) is 9.97 Å². The summed E-state index contributed by atoms with van der Waals surface area (Å²) in [6.45, 7) is 0.443. The second-order valence-corrected chi connectivity index (χ2v) is 6.23. The van der Waals surface area contributed by atoms with Crippen molar-refractivity contribution in [2.24, 2.45) is 11.7 Å². The second-order valence-electron chi connectivity index (χ2n) is 6.23. The molecule has 0 aromatic carbocycles. The molecule has 1 saturated heterocycles. The number of hydrogen-bond acceptors (Lipinski definition) is 6. The van der Waals surface area contributed by atoms with Gasteiger partial charge in [0.25, 0.3) is 11.8 Å². The molecule has 0 spiro atoms. The van der Waals surface area contributed by atoms with Crippen molar-refractivity contribution in [2.75, 3.05) is 13.1 Å². The maximum Gasteiger partial charge on any atom is 0.308 e. The number of fused-ring (bicyclic) bond motifs is 1. The Labute approximate surface area is 152 Å². The number of amides is 2. The molecule has 1 aliphatic rings. The van der Waals surface area contributed by atoms with Crippen molar-refractivity contribution in [3.63, 3.8) is 0 Å². The molecule has 2 amide bonds. The molecule has 4 heterocycles. The van der Waals surface area contributed by atoms with Crippen LogP contribution >= 0.6 is 0 Å². The summed E-state index contributed by atoms with van der Waals surface area (Å²) in [6, 6.07) is 4.87. The third-order valence-corrected chi connectivity index (χ3v) is 4.55. The third-order valence-electron chi connectivity index (χ3n) is 4.55. The highest BCUT2D eigenvalue weighted by atomic mass is 16.4. The van der Waals surface area contributed by atoms with Gasteiger partial charge in [0.2, 0.25) is 0 Å². The van der Waals surface area contributed by atoms with E-state index in [9.17, 15) is 14.4 Å². The average Bonchev–Trinajstić information content (AvgIpc) is 3.39. The van der Waals surface area contributed by atoms with E-state index in [-0.39, 0.29) is 29.5 Å². The van der Waals surface area contributed by atoms with Gasteiger partial charge in [-0.25, -0.2) is 9.97 Å². The molecule has 1 atom stereocenters. The first-order valence-electron chi connectivity index (χ1n) is 8.19. The van der Waals surface area contributed by atoms with Crippen LogP contribution in [0.3, 0.4) is 0 Å². The first-order chi connectivity index (χ1) is 13.0. The third kappa shape index (κ3) is 2.80. The van der Waals surface area contributed by atoms with Crippen molar-refractivity contribution < 1.29 is 23.9 Å². The Hall–Kier alpha value is -3.69. The van der Waals surface area contributed by atoms with E-state index in [1.54, 1.807) is 12.1 Å². The van der Waals surface area contributed by atoms with Crippen molar-refractivity contribution >= 4 is 23.4 Å². The highest BCUT2D eigenvalue weighted by Gasteiger charge is 2.33. The molecule has 0 bridgehead atoms. The maximum absolute atomic E-state index is 13.0. The number of carbonyl (C=O) groups is 3.